The van der Waals surface area contributed by atoms with Crippen LogP contribution in [0.1, 0.15) is 37.5 Å². The van der Waals surface area contributed by atoms with E-state index in [9.17, 15) is 9.59 Å². The molecule has 1 heterocycles. The molecule has 0 radical (unpaired) electrons. The minimum atomic E-state index is -0.955. The molecule has 0 aliphatic carbocycles. The van der Waals surface area contributed by atoms with Crippen LogP contribution in [0.5, 0.6) is 0 Å². The van der Waals surface area contributed by atoms with Gasteiger partial charge in [-0.1, -0.05) is 19.4 Å². The molecule has 1 aromatic rings. The van der Waals surface area contributed by atoms with Gasteiger partial charge in [0.05, 0.1) is 0 Å². The lowest BCUT2D eigenvalue weighted by Gasteiger charge is -2.13. The van der Waals surface area contributed by atoms with Gasteiger partial charge in [-0.3, -0.25) is 4.79 Å². The van der Waals surface area contributed by atoms with Gasteiger partial charge in [-0.2, -0.15) is 0 Å². The highest BCUT2D eigenvalue weighted by Gasteiger charge is 2.18. The van der Waals surface area contributed by atoms with Gasteiger partial charge in [0.15, 0.2) is 0 Å². The molecule has 0 spiro atoms. The summed E-state index contributed by atoms with van der Waals surface area (Å²) in [5.74, 6) is -1.13. The Morgan fingerprint density at radius 1 is 1.50 bits per heavy atom. The zero-order chi connectivity index (χ0) is 13.4. The predicted octanol–water partition coefficient (Wildman–Crippen LogP) is 2.44. The molecule has 0 aromatic carbocycles. The topological polar surface area (TPSA) is 66.4 Å². The summed E-state index contributed by atoms with van der Waals surface area (Å²) in [6.45, 7) is 1.90. The summed E-state index contributed by atoms with van der Waals surface area (Å²) in [6.07, 6.45) is 3.23. The molecule has 0 fully saturated rings. The molecule has 100 valence electrons. The first-order chi connectivity index (χ1) is 8.63. The van der Waals surface area contributed by atoms with Crippen LogP contribution in [0.4, 0.5) is 0 Å². The fourth-order valence-corrected chi connectivity index (χ4v) is 2.44. The Morgan fingerprint density at radius 2 is 2.28 bits per heavy atom. The Morgan fingerprint density at radius 3 is 2.83 bits per heavy atom. The summed E-state index contributed by atoms with van der Waals surface area (Å²) in [7, 11) is 0. The summed E-state index contributed by atoms with van der Waals surface area (Å²) >= 11 is 1.68. The van der Waals surface area contributed by atoms with Gasteiger partial charge >= 0.3 is 5.97 Å². The molecule has 0 bridgehead atoms. The highest BCUT2D eigenvalue weighted by molar-refractivity contribution is 7.09. The number of aryl methyl sites for hydroxylation is 1. The van der Waals surface area contributed by atoms with E-state index >= 15 is 0 Å². The lowest BCUT2D eigenvalue weighted by molar-refractivity contribution is -0.142. The zero-order valence-corrected chi connectivity index (χ0v) is 11.3. The van der Waals surface area contributed by atoms with E-state index in [0.29, 0.717) is 12.8 Å². The molecule has 0 unspecified atom stereocenters. The highest BCUT2D eigenvalue weighted by Crippen LogP contribution is 2.11. The van der Waals surface area contributed by atoms with Crippen molar-refractivity contribution in [3.8, 4) is 0 Å². The average molecular weight is 269 g/mol. The number of carbonyl (C=O) groups is 2. The smallest absolute Gasteiger partial charge is 0.326 e. The van der Waals surface area contributed by atoms with Gasteiger partial charge in [0.1, 0.15) is 6.04 Å². The minimum absolute atomic E-state index is 0.174. The van der Waals surface area contributed by atoms with Gasteiger partial charge in [-0.05, 0) is 30.7 Å². The van der Waals surface area contributed by atoms with Crippen LogP contribution in [0, 0.1) is 0 Å². The third kappa shape index (κ3) is 5.31. The molecule has 0 saturated heterocycles. The number of aliphatic carboxylic acids is 1. The summed E-state index contributed by atoms with van der Waals surface area (Å²) in [5, 5.41) is 13.5. The SMILES string of the molecule is CCC[C@H](NC(=O)CCCc1cccs1)C(=O)O. The van der Waals surface area contributed by atoms with Crippen molar-refractivity contribution in [2.24, 2.45) is 0 Å². The monoisotopic (exact) mass is 269 g/mol. The largest absolute Gasteiger partial charge is 0.480 e. The van der Waals surface area contributed by atoms with Crippen molar-refractivity contribution in [2.75, 3.05) is 0 Å². The number of carboxylic acid groups (broad SMARTS) is 1. The number of nitrogens with one attached hydrogen (secondary N) is 1. The van der Waals surface area contributed by atoms with Crippen molar-refractivity contribution >= 4 is 23.2 Å². The molecule has 1 aromatic heterocycles. The second kappa shape index (κ2) is 7.87. The molecular formula is C13H19NO3S. The van der Waals surface area contributed by atoms with Crippen LogP contribution in [0.2, 0.25) is 0 Å². The van der Waals surface area contributed by atoms with Crippen molar-refractivity contribution in [1.82, 2.24) is 5.32 Å². The third-order valence-electron chi connectivity index (χ3n) is 2.62. The maximum atomic E-state index is 11.6. The first kappa shape index (κ1) is 14.7. The minimum Gasteiger partial charge on any atom is -0.480 e. The fourth-order valence-electron chi connectivity index (χ4n) is 1.69. The van der Waals surface area contributed by atoms with Gasteiger partial charge in [0.2, 0.25) is 5.91 Å². The number of amides is 1. The van der Waals surface area contributed by atoms with Crippen molar-refractivity contribution in [3.63, 3.8) is 0 Å². The Hall–Kier alpha value is -1.36. The van der Waals surface area contributed by atoms with Gasteiger partial charge in [-0.15, -0.1) is 11.3 Å². The Bertz CT molecular complexity index is 376. The van der Waals surface area contributed by atoms with Crippen LogP contribution in [0.3, 0.4) is 0 Å². The number of carbonyl (C=O) groups excluding carboxylic acids is 1. The van der Waals surface area contributed by atoms with E-state index in [1.807, 2.05) is 24.4 Å². The lowest BCUT2D eigenvalue weighted by Crippen LogP contribution is -2.40. The predicted molar refractivity (Wildman–Crippen MR) is 71.7 cm³/mol. The molecule has 18 heavy (non-hydrogen) atoms. The van der Waals surface area contributed by atoms with E-state index in [1.165, 1.54) is 4.88 Å². The summed E-state index contributed by atoms with van der Waals surface area (Å²) in [6, 6.07) is 3.28. The first-order valence-electron chi connectivity index (χ1n) is 6.18. The molecule has 2 N–H and O–H groups in total. The van der Waals surface area contributed by atoms with E-state index in [0.717, 1.165) is 19.3 Å². The van der Waals surface area contributed by atoms with Crippen molar-refractivity contribution in [2.45, 2.75) is 45.1 Å². The number of hydrogen-bond donors (Lipinski definition) is 2. The molecule has 5 heteroatoms. The van der Waals surface area contributed by atoms with Gasteiger partial charge in [0.25, 0.3) is 0 Å². The quantitative estimate of drug-likeness (QED) is 0.761. The van der Waals surface area contributed by atoms with E-state index in [1.54, 1.807) is 11.3 Å². The number of carboxylic acids is 1. The highest BCUT2D eigenvalue weighted by atomic mass is 32.1. The summed E-state index contributed by atoms with van der Waals surface area (Å²) in [5.41, 5.74) is 0. The Kier molecular flexibility index (Phi) is 6.43. The van der Waals surface area contributed by atoms with Crippen LogP contribution in [0.15, 0.2) is 17.5 Å². The zero-order valence-electron chi connectivity index (χ0n) is 10.5. The second-order valence-corrected chi connectivity index (χ2v) is 5.21. The second-order valence-electron chi connectivity index (χ2n) is 4.18. The summed E-state index contributed by atoms with van der Waals surface area (Å²) in [4.78, 5) is 23.7. The normalized spacial score (nSPS) is 12.1. The standard InChI is InChI=1S/C13H19NO3S/c1-2-5-11(13(16)17)14-12(15)8-3-6-10-7-4-9-18-10/h4,7,9,11H,2-3,5-6,8H2,1H3,(H,14,15)(H,16,17)/t11-/m0/s1. The van der Waals surface area contributed by atoms with Gasteiger partial charge in [0, 0.05) is 11.3 Å². The molecule has 4 nitrogen and oxygen atoms in total. The maximum Gasteiger partial charge on any atom is 0.326 e. The van der Waals surface area contributed by atoms with Gasteiger partial charge < -0.3 is 10.4 Å². The van der Waals surface area contributed by atoms with Gasteiger partial charge in [-0.25, -0.2) is 4.79 Å². The van der Waals surface area contributed by atoms with Crippen LogP contribution in [-0.2, 0) is 16.0 Å². The van der Waals surface area contributed by atoms with E-state index in [-0.39, 0.29) is 5.91 Å². The van der Waals surface area contributed by atoms with E-state index in [2.05, 4.69) is 5.32 Å². The first-order valence-corrected chi connectivity index (χ1v) is 7.06. The number of thiophene rings is 1. The Labute approximate surface area is 111 Å². The maximum absolute atomic E-state index is 11.6. The fraction of sp³-hybridized carbons (Fsp3) is 0.538. The van der Waals surface area contributed by atoms with Crippen LogP contribution < -0.4 is 5.32 Å². The van der Waals surface area contributed by atoms with Crippen LogP contribution in [-0.4, -0.2) is 23.0 Å². The third-order valence-corrected chi connectivity index (χ3v) is 3.55. The Balaban J connectivity index is 2.25. The lowest BCUT2D eigenvalue weighted by atomic mass is 10.1. The molecular weight excluding hydrogens is 250 g/mol. The summed E-state index contributed by atoms with van der Waals surface area (Å²) < 4.78 is 0. The average Bonchev–Trinajstić information content (AvgIpc) is 2.81. The molecule has 0 saturated carbocycles. The molecule has 1 atom stereocenters. The van der Waals surface area contributed by atoms with E-state index in [4.69, 9.17) is 5.11 Å². The molecule has 0 aliphatic heterocycles. The van der Waals surface area contributed by atoms with E-state index < -0.39 is 12.0 Å². The van der Waals surface area contributed by atoms with Crippen molar-refractivity contribution in [1.29, 1.82) is 0 Å². The molecule has 1 rings (SSSR count). The van der Waals surface area contributed by atoms with Crippen molar-refractivity contribution < 1.29 is 14.7 Å². The number of rotatable bonds is 8. The van der Waals surface area contributed by atoms with Crippen LogP contribution >= 0.6 is 11.3 Å². The molecule has 1 amide bonds. The molecule has 0 aliphatic rings. The van der Waals surface area contributed by atoms with Crippen LogP contribution in [0.25, 0.3) is 0 Å². The van der Waals surface area contributed by atoms with Crippen molar-refractivity contribution in [3.05, 3.63) is 22.4 Å². The number of hydrogen-bond acceptors (Lipinski definition) is 3.